The normalized spacial score (nSPS) is 18.3. The van der Waals surface area contributed by atoms with Gasteiger partial charge in [-0.05, 0) is 31.2 Å². The molecular formula is C13H23N3O2S. The van der Waals surface area contributed by atoms with Crippen molar-refractivity contribution in [2.75, 3.05) is 6.54 Å². The van der Waals surface area contributed by atoms with Crippen LogP contribution in [-0.4, -0.2) is 19.5 Å². The average molecular weight is 285 g/mol. The second-order valence-electron chi connectivity index (χ2n) is 5.65. The standard InChI is InChI=1S/C13H23N3O2S/c1-3-16-9-12(7-11(16)8-14)19(17,18)15-10-13(2)5-4-6-13/h7,9,15H,3-6,8,10,14H2,1-2H3. The summed E-state index contributed by atoms with van der Waals surface area (Å²) < 4.78 is 29.1. The Morgan fingerprint density at radius 3 is 2.58 bits per heavy atom. The molecule has 0 unspecified atom stereocenters. The van der Waals surface area contributed by atoms with Gasteiger partial charge in [-0.1, -0.05) is 13.3 Å². The minimum absolute atomic E-state index is 0.136. The fourth-order valence-corrected chi connectivity index (χ4v) is 3.71. The van der Waals surface area contributed by atoms with Gasteiger partial charge in [0.2, 0.25) is 10.0 Å². The summed E-state index contributed by atoms with van der Waals surface area (Å²) in [7, 11) is -3.42. The molecule has 0 aromatic carbocycles. The molecule has 19 heavy (non-hydrogen) atoms. The summed E-state index contributed by atoms with van der Waals surface area (Å²) in [5.74, 6) is 0. The first-order valence-corrected chi connectivity index (χ1v) is 8.27. The van der Waals surface area contributed by atoms with E-state index in [-0.39, 0.29) is 5.41 Å². The molecule has 1 aliphatic rings. The predicted octanol–water partition coefficient (Wildman–Crippen LogP) is 1.44. The van der Waals surface area contributed by atoms with E-state index in [0.717, 1.165) is 25.1 Å². The van der Waals surface area contributed by atoms with Crippen molar-refractivity contribution < 1.29 is 8.42 Å². The van der Waals surface area contributed by atoms with Crippen LogP contribution >= 0.6 is 0 Å². The molecule has 0 aliphatic heterocycles. The van der Waals surface area contributed by atoms with E-state index in [1.807, 2.05) is 11.5 Å². The summed E-state index contributed by atoms with van der Waals surface area (Å²) in [5.41, 5.74) is 6.60. The van der Waals surface area contributed by atoms with Crippen molar-refractivity contribution in [3.05, 3.63) is 18.0 Å². The van der Waals surface area contributed by atoms with Gasteiger partial charge in [0.1, 0.15) is 0 Å². The molecule has 0 spiro atoms. The second-order valence-corrected chi connectivity index (χ2v) is 7.41. The topological polar surface area (TPSA) is 77.1 Å². The lowest BCUT2D eigenvalue weighted by molar-refractivity contribution is 0.166. The Morgan fingerprint density at radius 1 is 1.47 bits per heavy atom. The fraction of sp³-hybridized carbons (Fsp3) is 0.692. The number of aromatic nitrogens is 1. The number of hydrogen-bond acceptors (Lipinski definition) is 3. The van der Waals surface area contributed by atoms with Crippen LogP contribution in [0.3, 0.4) is 0 Å². The van der Waals surface area contributed by atoms with E-state index < -0.39 is 10.0 Å². The zero-order chi connectivity index (χ0) is 14.1. The van der Waals surface area contributed by atoms with Crippen LogP contribution in [0.25, 0.3) is 0 Å². The highest BCUT2D eigenvalue weighted by atomic mass is 32.2. The molecule has 1 aliphatic carbocycles. The molecule has 1 heterocycles. The SMILES string of the molecule is CCn1cc(S(=O)(=O)NCC2(C)CCC2)cc1CN. The smallest absolute Gasteiger partial charge is 0.242 e. The maximum absolute atomic E-state index is 12.3. The molecule has 0 amide bonds. The molecule has 1 saturated carbocycles. The molecular weight excluding hydrogens is 262 g/mol. The van der Waals surface area contributed by atoms with Gasteiger partial charge in [0.15, 0.2) is 0 Å². The molecule has 2 rings (SSSR count). The fourth-order valence-electron chi connectivity index (χ4n) is 2.45. The Kier molecular flexibility index (Phi) is 4.03. The number of nitrogens with one attached hydrogen (secondary N) is 1. The van der Waals surface area contributed by atoms with Crippen molar-refractivity contribution in [3.8, 4) is 0 Å². The van der Waals surface area contributed by atoms with Crippen LogP contribution in [0.4, 0.5) is 0 Å². The van der Waals surface area contributed by atoms with Crippen LogP contribution in [-0.2, 0) is 23.1 Å². The molecule has 1 aromatic heterocycles. The first kappa shape index (κ1) is 14.6. The van der Waals surface area contributed by atoms with Crippen LogP contribution in [0.15, 0.2) is 17.2 Å². The minimum Gasteiger partial charge on any atom is -0.349 e. The summed E-state index contributed by atoms with van der Waals surface area (Å²) in [6.45, 7) is 5.69. The highest BCUT2D eigenvalue weighted by Gasteiger charge is 2.33. The third-order valence-electron chi connectivity index (χ3n) is 4.07. The first-order chi connectivity index (χ1) is 8.90. The summed E-state index contributed by atoms with van der Waals surface area (Å²) in [4.78, 5) is 0.317. The van der Waals surface area contributed by atoms with Crippen molar-refractivity contribution in [2.45, 2.75) is 51.1 Å². The molecule has 0 atom stereocenters. The predicted molar refractivity (Wildman–Crippen MR) is 75.1 cm³/mol. The Labute approximate surface area is 115 Å². The van der Waals surface area contributed by atoms with Crippen molar-refractivity contribution >= 4 is 10.0 Å². The molecule has 1 fully saturated rings. The van der Waals surface area contributed by atoms with Gasteiger partial charge in [-0.2, -0.15) is 0 Å². The van der Waals surface area contributed by atoms with Crippen LogP contribution in [0.5, 0.6) is 0 Å². The van der Waals surface area contributed by atoms with E-state index >= 15 is 0 Å². The first-order valence-electron chi connectivity index (χ1n) is 6.79. The van der Waals surface area contributed by atoms with Crippen LogP contribution < -0.4 is 10.5 Å². The number of hydrogen-bond donors (Lipinski definition) is 2. The summed E-state index contributed by atoms with van der Waals surface area (Å²) in [6.07, 6.45) is 5.05. The molecule has 6 heteroatoms. The van der Waals surface area contributed by atoms with E-state index in [2.05, 4.69) is 11.6 Å². The summed E-state index contributed by atoms with van der Waals surface area (Å²) >= 11 is 0. The van der Waals surface area contributed by atoms with E-state index in [4.69, 9.17) is 5.73 Å². The van der Waals surface area contributed by atoms with Crippen LogP contribution in [0.1, 0.15) is 38.8 Å². The number of nitrogens with zero attached hydrogens (tertiary/aromatic N) is 1. The van der Waals surface area contributed by atoms with Crippen LogP contribution in [0.2, 0.25) is 0 Å². The molecule has 0 bridgehead atoms. The van der Waals surface area contributed by atoms with Crippen molar-refractivity contribution in [2.24, 2.45) is 11.1 Å². The van der Waals surface area contributed by atoms with E-state index in [1.165, 1.54) is 6.42 Å². The quantitative estimate of drug-likeness (QED) is 0.830. The Morgan fingerprint density at radius 2 is 2.16 bits per heavy atom. The van der Waals surface area contributed by atoms with Crippen molar-refractivity contribution in [1.29, 1.82) is 0 Å². The van der Waals surface area contributed by atoms with Crippen molar-refractivity contribution in [3.63, 3.8) is 0 Å². The van der Waals surface area contributed by atoms with Gasteiger partial charge in [0.05, 0.1) is 4.90 Å². The molecule has 3 N–H and O–H groups in total. The number of nitrogens with two attached hydrogens (primary N) is 1. The van der Waals surface area contributed by atoms with Crippen LogP contribution in [0, 0.1) is 5.41 Å². The third-order valence-corrected chi connectivity index (χ3v) is 5.44. The Hall–Kier alpha value is -0.850. The van der Waals surface area contributed by atoms with Gasteiger partial charge in [-0.3, -0.25) is 0 Å². The highest BCUT2D eigenvalue weighted by molar-refractivity contribution is 7.89. The highest BCUT2D eigenvalue weighted by Crippen LogP contribution is 2.39. The van der Waals surface area contributed by atoms with Gasteiger partial charge < -0.3 is 10.3 Å². The number of sulfonamides is 1. The van der Waals surface area contributed by atoms with Crippen molar-refractivity contribution in [1.82, 2.24) is 9.29 Å². The third kappa shape index (κ3) is 3.01. The number of aryl methyl sites for hydroxylation is 1. The lowest BCUT2D eigenvalue weighted by Gasteiger charge is -2.38. The Balaban J connectivity index is 2.12. The lowest BCUT2D eigenvalue weighted by atomic mass is 9.71. The molecule has 1 aromatic rings. The monoisotopic (exact) mass is 285 g/mol. The zero-order valence-electron chi connectivity index (χ0n) is 11.6. The van der Waals surface area contributed by atoms with Gasteiger partial charge in [-0.15, -0.1) is 0 Å². The molecule has 0 saturated heterocycles. The summed E-state index contributed by atoms with van der Waals surface area (Å²) in [6, 6.07) is 1.66. The molecule has 5 nitrogen and oxygen atoms in total. The molecule has 108 valence electrons. The maximum atomic E-state index is 12.3. The summed E-state index contributed by atoms with van der Waals surface area (Å²) in [5, 5.41) is 0. The number of rotatable bonds is 6. The van der Waals surface area contributed by atoms with Gasteiger partial charge in [-0.25, -0.2) is 13.1 Å². The second kappa shape index (κ2) is 5.26. The van der Waals surface area contributed by atoms with E-state index in [9.17, 15) is 8.42 Å². The van der Waals surface area contributed by atoms with E-state index in [1.54, 1.807) is 12.3 Å². The van der Waals surface area contributed by atoms with Gasteiger partial charge in [0.25, 0.3) is 0 Å². The van der Waals surface area contributed by atoms with Gasteiger partial charge >= 0.3 is 0 Å². The van der Waals surface area contributed by atoms with E-state index in [0.29, 0.717) is 18.0 Å². The molecule has 0 radical (unpaired) electrons. The maximum Gasteiger partial charge on any atom is 0.242 e. The Bertz CT molecular complexity index is 523. The lowest BCUT2D eigenvalue weighted by Crippen LogP contribution is -2.39. The zero-order valence-corrected chi connectivity index (χ0v) is 12.5. The average Bonchev–Trinajstić information content (AvgIpc) is 2.78. The largest absolute Gasteiger partial charge is 0.349 e. The van der Waals surface area contributed by atoms with Gasteiger partial charge in [0, 0.05) is 31.5 Å². The minimum atomic E-state index is -3.42.